The zero-order chi connectivity index (χ0) is 13.1. The first-order valence-corrected chi connectivity index (χ1v) is 5.38. The van der Waals surface area contributed by atoms with Crippen molar-refractivity contribution >= 4 is 28.3 Å². The van der Waals surface area contributed by atoms with E-state index in [9.17, 15) is 14.4 Å². The standard InChI is InChI=1S/C13H11NO4/c1-8(15)6-12(16)14-10-3-4-11-9(7-10)2-5-13(17)18-11/h2-5,7H,6H2,1H3,(H,14,16). The number of hydrogen-bond donors (Lipinski definition) is 1. The number of Topliss-reactive ketones (excluding diaryl/α,β-unsaturated/α-hetero) is 1. The normalized spacial score (nSPS) is 10.3. The van der Waals surface area contributed by atoms with Crippen molar-refractivity contribution in [2.75, 3.05) is 5.32 Å². The van der Waals surface area contributed by atoms with Gasteiger partial charge in [-0.2, -0.15) is 0 Å². The maximum absolute atomic E-state index is 11.4. The first-order valence-electron chi connectivity index (χ1n) is 5.38. The molecule has 0 aliphatic carbocycles. The fraction of sp³-hybridized carbons (Fsp3) is 0.154. The molecule has 0 bridgehead atoms. The average molecular weight is 245 g/mol. The Morgan fingerprint density at radius 3 is 2.72 bits per heavy atom. The number of carbonyl (C=O) groups is 2. The Hall–Kier alpha value is -2.43. The largest absolute Gasteiger partial charge is 0.423 e. The van der Waals surface area contributed by atoms with Crippen LogP contribution in [0.5, 0.6) is 0 Å². The molecule has 0 aliphatic rings. The van der Waals surface area contributed by atoms with E-state index in [1.54, 1.807) is 24.3 Å². The number of hydrogen-bond acceptors (Lipinski definition) is 4. The quantitative estimate of drug-likeness (QED) is 0.659. The topological polar surface area (TPSA) is 76.4 Å². The van der Waals surface area contributed by atoms with Crippen LogP contribution in [0.3, 0.4) is 0 Å². The van der Waals surface area contributed by atoms with Gasteiger partial charge in [-0.15, -0.1) is 0 Å². The lowest BCUT2D eigenvalue weighted by Gasteiger charge is -2.04. The number of fused-ring (bicyclic) bond motifs is 1. The molecule has 1 N–H and O–H groups in total. The Balaban J connectivity index is 2.25. The van der Waals surface area contributed by atoms with Crippen LogP contribution in [0.15, 0.2) is 39.5 Å². The molecule has 1 aromatic heterocycles. The molecule has 0 fully saturated rings. The summed E-state index contributed by atoms with van der Waals surface area (Å²) in [6.07, 6.45) is -0.151. The third-order valence-electron chi connectivity index (χ3n) is 2.31. The Bertz CT molecular complexity index is 672. The highest BCUT2D eigenvalue weighted by molar-refractivity contribution is 6.04. The van der Waals surface area contributed by atoms with Gasteiger partial charge in [-0.05, 0) is 31.2 Å². The molecule has 92 valence electrons. The molecule has 0 radical (unpaired) electrons. The van der Waals surface area contributed by atoms with Crippen molar-refractivity contribution in [3.05, 3.63) is 40.8 Å². The van der Waals surface area contributed by atoms with Gasteiger partial charge in [-0.25, -0.2) is 4.79 Å². The molecule has 0 aliphatic heterocycles. The van der Waals surface area contributed by atoms with Gasteiger partial charge in [0.15, 0.2) is 0 Å². The maximum Gasteiger partial charge on any atom is 0.336 e. The Labute approximate surface area is 102 Å². The van der Waals surface area contributed by atoms with Crippen molar-refractivity contribution in [3.63, 3.8) is 0 Å². The van der Waals surface area contributed by atoms with Crippen molar-refractivity contribution in [3.8, 4) is 0 Å². The van der Waals surface area contributed by atoms with Gasteiger partial charge < -0.3 is 9.73 Å². The molecular formula is C13H11NO4. The van der Waals surface area contributed by atoms with Crippen LogP contribution >= 0.6 is 0 Å². The van der Waals surface area contributed by atoms with Crippen molar-refractivity contribution in [2.24, 2.45) is 0 Å². The molecular weight excluding hydrogens is 234 g/mol. The van der Waals surface area contributed by atoms with Crippen LogP contribution in [-0.4, -0.2) is 11.7 Å². The fourth-order valence-corrected chi connectivity index (χ4v) is 1.58. The minimum atomic E-state index is -0.420. The Kier molecular flexibility index (Phi) is 3.23. The SMILES string of the molecule is CC(=O)CC(=O)Nc1ccc2oc(=O)ccc2c1. The molecule has 0 saturated carbocycles. The molecule has 1 aromatic carbocycles. The van der Waals surface area contributed by atoms with Crippen LogP contribution in [0.1, 0.15) is 13.3 Å². The summed E-state index contributed by atoms with van der Waals surface area (Å²) in [5, 5.41) is 3.30. The molecule has 5 heteroatoms. The van der Waals surface area contributed by atoms with Crippen LogP contribution in [0.25, 0.3) is 11.0 Å². The van der Waals surface area contributed by atoms with Gasteiger partial charge in [0.2, 0.25) is 5.91 Å². The predicted molar refractivity (Wildman–Crippen MR) is 66.4 cm³/mol. The molecule has 0 atom stereocenters. The molecule has 0 unspecified atom stereocenters. The third kappa shape index (κ3) is 2.82. The number of amides is 1. The maximum atomic E-state index is 11.4. The molecule has 1 amide bonds. The Morgan fingerprint density at radius 1 is 1.22 bits per heavy atom. The number of carbonyl (C=O) groups excluding carboxylic acids is 2. The van der Waals surface area contributed by atoms with Gasteiger partial charge in [-0.1, -0.05) is 0 Å². The number of rotatable bonds is 3. The number of benzene rings is 1. The number of anilines is 1. The minimum absolute atomic E-state index is 0.151. The van der Waals surface area contributed by atoms with Crippen LogP contribution in [-0.2, 0) is 9.59 Å². The summed E-state index contributed by atoms with van der Waals surface area (Å²) in [5.41, 5.74) is 0.588. The van der Waals surface area contributed by atoms with Gasteiger partial charge >= 0.3 is 5.63 Å². The highest BCUT2D eigenvalue weighted by atomic mass is 16.4. The van der Waals surface area contributed by atoms with Crippen molar-refractivity contribution < 1.29 is 14.0 Å². The predicted octanol–water partition coefficient (Wildman–Crippen LogP) is 1.71. The summed E-state index contributed by atoms with van der Waals surface area (Å²) in [6.45, 7) is 1.36. The monoisotopic (exact) mass is 245 g/mol. The van der Waals surface area contributed by atoms with Gasteiger partial charge in [0, 0.05) is 17.1 Å². The zero-order valence-corrected chi connectivity index (χ0v) is 9.73. The van der Waals surface area contributed by atoms with E-state index in [4.69, 9.17) is 4.42 Å². The summed E-state index contributed by atoms with van der Waals surface area (Å²) in [6, 6.07) is 7.81. The molecule has 0 saturated heterocycles. The first-order chi connectivity index (χ1) is 8.54. The summed E-state index contributed by atoms with van der Waals surface area (Å²) in [4.78, 5) is 33.2. The van der Waals surface area contributed by atoms with Crippen LogP contribution < -0.4 is 10.9 Å². The minimum Gasteiger partial charge on any atom is -0.423 e. The third-order valence-corrected chi connectivity index (χ3v) is 2.31. The number of ketones is 1. The molecule has 5 nitrogen and oxygen atoms in total. The van der Waals surface area contributed by atoms with Gasteiger partial charge in [0.1, 0.15) is 11.4 Å². The molecule has 2 rings (SSSR count). The first kappa shape index (κ1) is 12.0. The Morgan fingerprint density at radius 2 is 2.00 bits per heavy atom. The van der Waals surface area contributed by atoms with Crippen LogP contribution in [0, 0.1) is 0 Å². The lowest BCUT2D eigenvalue weighted by Crippen LogP contribution is -2.14. The van der Waals surface area contributed by atoms with E-state index in [1.807, 2.05) is 0 Å². The summed E-state index contributed by atoms with van der Waals surface area (Å²) in [5.74, 6) is -0.557. The molecule has 18 heavy (non-hydrogen) atoms. The number of nitrogens with one attached hydrogen (secondary N) is 1. The van der Waals surface area contributed by atoms with Crippen molar-refractivity contribution in [1.29, 1.82) is 0 Å². The molecule has 1 heterocycles. The lowest BCUT2D eigenvalue weighted by atomic mass is 10.2. The van der Waals surface area contributed by atoms with E-state index in [0.717, 1.165) is 0 Å². The highest BCUT2D eigenvalue weighted by Crippen LogP contribution is 2.17. The van der Waals surface area contributed by atoms with E-state index in [0.29, 0.717) is 16.7 Å². The molecule has 0 spiro atoms. The van der Waals surface area contributed by atoms with E-state index in [-0.39, 0.29) is 18.1 Å². The highest BCUT2D eigenvalue weighted by Gasteiger charge is 2.06. The van der Waals surface area contributed by atoms with E-state index >= 15 is 0 Å². The lowest BCUT2D eigenvalue weighted by molar-refractivity contribution is -0.124. The summed E-state index contributed by atoms with van der Waals surface area (Å²) in [7, 11) is 0. The smallest absolute Gasteiger partial charge is 0.336 e. The molecule has 2 aromatic rings. The van der Waals surface area contributed by atoms with Crippen molar-refractivity contribution in [1.82, 2.24) is 0 Å². The zero-order valence-electron chi connectivity index (χ0n) is 9.73. The van der Waals surface area contributed by atoms with Crippen molar-refractivity contribution in [2.45, 2.75) is 13.3 Å². The second-order valence-electron chi connectivity index (χ2n) is 3.93. The van der Waals surface area contributed by atoms with E-state index in [1.165, 1.54) is 13.0 Å². The second-order valence-corrected chi connectivity index (χ2v) is 3.93. The summed E-state index contributed by atoms with van der Waals surface area (Å²) < 4.78 is 4.96. The van der Waals surface area contributed by atoms with E-state index in [2.05, 4.69) is 5.32 Å². The van der Waals surface area contributed by atoms with E-state index < -0.39 is 5.63 Å². The van der Waals surface area contributed by atoms with Gasteiger partial charge in [0.05, 0.1) is 6.42 Å². The van der Waals surface area contributed by atoms with Crippen LogP contribution in [0.2, 0.25) is 0 Å². The summed E-state index contributed by atoms with van der Waals surface area (Å²) >= 11 is 0. The average Bonchev–Trinajstić information content (AvgIpc) is 2.28. The second kappa shape index (κ2) is 4.83. The van der Waals surface area contributed by atoms with Gasteiger partial charge in [-0.3, -0.25) is 9.59 Å². The van der Waals surface area contributed by atoms with Crippen LogP contribution in [0.4, 0.5) is 5.69 Å². The fourth-order valence-electron chi connectivity index (χ4n) is 1.58. The van der Waals surface area contributed by atoms with Gasteiger partial charge in [0.25, 0.3) is 0 Å².